The van der Waals surface area contributed by atoms with E-state index in [1.165, 1.54) is 96.6 Å². The van der Waals surface area contributed by atoms with Crippen molar-refractivity contribution in [2.45, 2.75) is 109 Å². The minimum absolute atomic E-state index is 0.516. The number of hydrogen-bond acceptors (Lipinski definition) is 3. The van der Waals surface area contributed by atoms with Gasteiger partial charge in [-0.2, -0.15) is 0 Å². The summed E-state index contributed by atoms with van der Waals surface area (Å²) in [4.78, 5) is 2.56. The van der Waals surface area contributed by atoms with Crippen LogP contribution < -0.4 is 5.32 Å². The second-order valence-corrected chi connectivity index (χ2v) is 8.63. The van der Waals surface area contributed by atoms with Crippen LogP contribution in [0.15, 0.2) is 0 Å². The number of nitrogens with one attached hydrogen (secondary N) is 1. The Morgan fingerprint density at radius 3 is 2.08 bits per heavy atom. The van der Waals surface area contributed by atoms with Crippen LogP contribution in [0.2, 0.25) is 0 Å². The molecule has 1 aliphatic carbocycles. The third-order valence-corrected chi connectivity index (χ3v) is 6.04. The average molecular weight is 369 g/mol. The predicted octanol–water partition coefficient (Wildman–Crippen LogP) is 5.63. The predicted molar refractivity (Wildman–Crippen MR) is 115 cm³/mol. The number of nitrogens with zero attached hydrogens (tertiary/aromatic N) is 1. The van der Waals surface area contributed by atoms with E-state index in [2.05, 4.69) is 38.2 Å². The van der Waals surface area contributed by atoms with Crippen molar-refractivity contribution in [1.82, 2.24) is 10.2 Å². The zero-order chi connectivity index (χ0) is 19.0. The Kier molecular flexibility index (Phi) is 14.6. The highest BCUT2D eigenvalue weighted by Gasteiger charge is 2.28. The lowest BCUT2D eigenvalue weighted by Crippen LogP contribution is -2.43. The van der Waals surface area contributed by atoms with Gasteiger partial charge in [-0.05, 0) is 52.1 Å². The minimum Gasteiger partial charge on any atom is -0.378 e. The highest BCUT2D eigenvalue weighted by Crippen LogP contribution is 2.23. The molecule has 0 aromatic carbocycles. The molecule has 26 heavy (non-hydrogen) atoms. The van der Waals surface area contributed by atoms with E-state index in [9.17, 15) is 0 Å². The lowest BCUT2D eigenvalue weighted by molar-refractivity contribution is -0.0177. The molecule has 1 fully saturated rings. The van der Waals surface area contributed by atoms with Gasteiger partial charge in [-0.25, -0.2) is 0 Å². The summed E-state index contributed by atoms with van der Waals surface area (Å²) in [5.41, 5.74) is 0. The first-order valence-electron chi connectivity index (χ1n) is 11.7. The molecule has 1 N–H and O–H groups in total. The summed E-state index contributed by atoms with van der Waals surface area (Å²) in [6.07, 6.45) is 18.2. The van der Waals surface area contributed by atoms with Crippen molar-refractivity contribution < 1.29 is 4.74 Å². The van der Waals surface area contributed by atoms with Gasteiger partial charge in [0.15, 0.2) is 0 Å². The molecule has 0 bridgehead atoms. The van der Waals surface area contributed by atoms with Gasteiger partial charge in [0.2, 0.25) is 0 Å². The number of rotatable bonds is 18. The van der Waals surface area contributed by atoms with Crippen LogP contribution in [0.5, 0.6) is 0 Å². The number of ether oxygens (including phenoxy) is 1. The zero-order valence-corrected chi connectivity index (χ0v) is 18.4. The van der Waals surface area contributed by atoms with Crippen molar-refractivity contribution in [1.29, 1.82) is 0 Å². The van der Waals surface area contributed by atoms with E-state index >= 15 is 0 Å². The van der Waals surface area contributed by atoms with Gasteiger partial charge in [-0.1, -0.05) is 65.2 Å². The summed E-state index contributed by atoms with van der Waals surface area (Å²) in [6, 6.07) is 0.698. The fraction of sp³-hybridized carbons (Fsp3) is 1.00. The summed E-state index contributed by atoms with van der Waals surface area (Å²) in [6.45, 7) is 8.01. The van der Waals surface area contributed by atoms with E-state index in [0.29, 0.717) is 12.1 Å². The molecule has 0 unspecified atom stereocenters. The Morgan fingerprint density at radius 2 is 1.54 bits per heavy atom. The molecular weight excluding hydrogens is 320 g/mol. The quantitative estimate of drug-likeness (QED) is 0.317. The first-order valence-corrected chi connectivity index (χ1v) is 11.7. The molecular formula is C23H48N2O. The van der Waals surface area contributed by atoms with E-state index in [-0.39, 0.29) is 0 Å². The Morgan fingerprint density at radius 1 is 0.923 bits per heavy atom. The van der Waals surface area contributed by atoms with Crippen molar-refractivity contribution >= 4 is 0 Å². The van der Waals surface area contributed by atoms with Gasteiger partial charge in [-0.3, -0.25) is 0 Å². The molecule has 0 heterocycles. The van der Waals surface area contributed by atoms with Crippen LogP contribution in [-0.2, 0) is 4.74 Å². The van der Waals surface area contributed by atoms with E-state index in [4.69, 9.17) is 4.74 Å². The van der Waals surface area contributed by atoms with E-state index < -0.39 is 0 Å². The molecule has 0 atom stereocenters. The number of hydrogen-bond donors (Lipinski definition) is 1. The Labute approximate surface area is 164 Å². The van der Waals surface area contributed by atoms with Gasteiger partial charge in [-0.15, -0.1) is 0 Å². The first kappa shape index (κ1) is 23.9. The maximum atomic E-state index is 5.98. The molecule has 0 amide bonds. The van der Waals surface area contributed by atoms with E-state index in [1.807, 2.05) is 0 Å². The molecule has 3 heteroatoms. The largest absolute Gasteiger partial charge is 0.378 e. The molecule has 156 valence electrons. The molecule has 0 aromatic heterocycles. The Hall–Kier alpha value is -0.120. The molecule has 0 saturated heterocycles. The SMILES string of the molecule is CCCCCCC(CCCCCC)CN(C)CCCOC1CC(NC)C1. The minimum atomic E-state index is 0.516. The van der Waals surface area contributed by atoms with Gasteiger partial charge >= 0.3 is 0 Å². The normalized spacial score (nSPS) is 20.1. The maximum absolute atomic E-state index is 5.98. The van der Waals surface area contributed by atoms with Gasteiger partial charge < -0.3 is 15.0 Å². The molecule has 0 radical (unpaired) electrons. The fourth-order valence-corrected chi connectivity index (χ4v) is 4.10. The van der Waals surface area contributed by atoms with Crippen LogP contribution in [0.4, 0.5) is 0 Å². The van der Waals surface area contributed by atoms with E-state index in [1.54, 1.807) is 0 Å². The molecule has 1 aliphatic rings. The second kappa shape index (κ2) is 15.9. The zero-order valence-electron chi connectivity index (χ0n) is 18.4. The van der Waals surface area contributed by atoms with Crippen LogP contribution in [0.3, 0.4) is 0 Å². The summed E-state index contributed by atoms with van der Waals surface area (Å²) in [5, 5.41) is 3.32. The van der Waals surface area contributed by atoms with Crippen LogP contribution in [0.25, 0.3) is 0 Å². The van der Waals surface area contributed by atoms with E-state index in [0.717, 1.165) is 12.5 Å². The van der Waals surface area contributed by atoms with Crippen molar-refractivity contribution in [3.8, 4) is 0 Å². The second-order valence-electron chi connectivity index (χ2n) is 8.63. The highest BCUT2D eigenvalue weighted by atomic mass is 16.5. The Balaban J connectivity index is 2.12. The molecule has 3 nitrogen and oxygen atoms in total. The van der Waals surface area contributed by atoms with Gasteiger partial charge in [0, 0.05) is 25.7 Å². The molecule has 1 saturated carbocycles. The summed E-state index contributed by atoms with van der Waals surface area (Å²) >= 11 is 0. The summed E-state index contributed by atoms with van der Waals surface area (Å²) in [7, 11) is 4.36. The van der Waals surface area contributed by atoms with Gasteiger partial charge in [0.1, 0.15) is 0 Å². The standard InChI is InChI=1S/C23H48N2O/c1-5-7-9-11-14-21(15-12-10-8-6-2)20-25(4)16-13-17-26-23-18-22(19-23)24-3/h21-24H,5-20H2,1-4H3. The topological polar surface area (TPSA) is 24.5 Å². The van der Waals surface area contributed by atoms with Crippen LogP contribution in [0, 0.1) is 5.92 Å². The Bertz CT molecular complexity index is 293. The third-order valence-electron chi connectivity index (χ3n) is 6.04. The van der Waals surface area contributed by atoms with Crippen LogP contribution in [-0.4, -0.2) is 50.8 Å². The summed E-state index contributed by atoms with van der Waals surface area (Å²) in [5.74, 6) is 0.901. The molecule has 0 spiro atoms. The smallest absolute Gasteiger partial charge is 0.0604 e. The van der Waals surface area contributed by atoms with Crippen molar-refractivity contribution in [2.75, 3.05) is 33.8 Å². The lowest BCUT2D eigenvalue weighted by atomic mass is 9.89. The molecule has 0 aromatic rings. The third kappa shape index (κ3) is 11.6. The fourth-order valence-electron chi connectivity index (χ4n) is 4.10. The van der Waals surface area contributed by atoms with Crippen molar-refractivity contribution in [2.24, 2.45) is 5.92 Å². The van der Waals surface area contributed by atoms with Gasteiger partial charge in [0.25, 0.3) is 0 Å². The highest BCUT2D eigenvalue weighted by molar-refractivity contribution is 4.84. The first-order chi connectivity index (χ1) is 12.7. The molecule has 0 aliphatic heterocycles. The van der Waals surface area contributed by atoms with Crippen molar-refractivity contribution in [3.05, 3.63) is 0 Å². The van der Waals surface area contributed by atoms with Gasteiger partial charge in [0.05, 0.1) is 6.10 Å². The monoisotopic (exact) mass is 368 g/mol. The lowest BCUT2D eigenvalue weighted by Gasteiger charge is -2.35. The van der Waals surface area contributed by atoms with Crippen molar-refractivity contribution in [3.63, 3.8) is 0 Å². The van der Waals surface area contributed by atoms with Crippen LogP contribution >= 0.6 is 0 Å². The van der Waals surface area contributed by atoms with Crippen LogP contribution in [0.1, 0.15) is 97.3 Å². The summed E-state index contributed by atoms with van der Waals surface area (Å²) < 4.78 is 5.98. The average Bonchev–Trinajstić information content (AvgIpc) is 2.60. The number of unbranched alkanes of at least 4 members (excludes halogenated alkanes) is 6. The molecule has 1 rings (SSSR count). The maximum Gasteiger partial charge on any atom is 0.0604 e.